The molecule has 110 valence electrons. The Morgan fingerprint density at radius 1 is 1.38 bits per heavy atom. The molecule has 0 fully saturated rings. The molecule has 0 unspecified atom stereocenters. The van der Waals surface area contributed by atoms with E-state index in [1.54, 1.807) is 24.3 Å². The number of nitrogens with one attached hydrogen (secondary N) is 1. The Bertz CT molecular complexity index is 652. The zero-order chi connectivity index (χ0) is 15.2. The number of Topliss-reactive ketones (excluding diaryl/α,β-unsaturated/α-hetero) is 1. The van der Waals surface area contributed by atoms with E-state index in [0.29, 0.717) is 17.7 Å². The highest BCUT2D eigenvalue weighted by Gasteiger charge is 2.13. The van der Waals surface area contributed by atoms with Gasteiger partial charge in [0, 0.05) is 18.6 Å². The predicted octanol–water partition coefficient (Wildman–Crippen LogP) is 2.97. The number of hydrogen-bond donors (Lipinski definition) is 2. The van der Waals surface area contributed by atoms with Gasteiger partial charge in [0.2, 0.25) is 5.28 Å². The molecule has 21 heavy (non-hydrogen) atoms. The van der Waals surface area contributed by atoms with Crippen molar-refractivity contribution in [1.82, 2.24) is 9.97 Å². The first-order chi connectivity index (χ1) is 10.1. The third kappa shape index (κ3) is 3.96. The predicted molar refractivity (Wildman–Crippen MR) is 77.4 cm³/mol. The molecule has 1 aromatic heterocycles. The summed E-state index contributed by atoms with van der Waals surface area (Å²) in [7, 11) is 0. The van der Waals surface area contributed by atoms with Gasteiger partial charge in [-0.1, -0.05) is 12.1 Å². The van der Waals surface area contributed by atoms with Crippen LogP contribution >= 0.6 is 11.6 Å². The zero-order valence-corrected chi connectivity index (χ0v) is 11.8. The van der Waals surface area contributed by atoms with Gasteiger partial charge in [-0.2, -0.15) is 4.98 Å². The van der Waals surface area contributed by atoms with Crippen molar-refractivity contribution < 1.29 is 14.3 Å². The molecule has 0 aliphatic carbocycles. The number of aliphatic hydroxyl groups excluding tert-OH is 1. The van der Waals surface area contributed by atoms with Gasteiger partial charge < -0.3 is 10.4 Å². The Labute approximate surface area is 125 Å². The Balaban J connectivity index is 2.28. The van der Waals surface area contributed by atoms with Crippen LogP contribution in [0.4, 0.5) is 15.9 Å². The first-order valence-corrected chi connectivity index (χ1v) is 6.67. The molecule has 7 heteroatoms. The van der Waals surface area contributed by atoms with Crippen LogP contribution < -0.4 is 5.32 Å². The smallest absolute Gasteiger partial charge is 0.224 e. The van der Waals surface area contributed by atoms with Gasteiger partial charge in [-0.25, -0.2) is 9.37 Å². The average Bonchev–Trinajstić information content (AvgIpc) is 2.49. The molecule has 1 aromatic carbocycles. The highest BCUT2D eigenvalue weighted by atomic mass is 35.5. The molecule has 2 aromatic rings. The van der Waals surface area contributed by atoms with Gasteiger partial charge in [0.25, 0.3) is 0 Å². The first-order valence-electron chi connectivity index (χ1n) is 6.30. The minimum absolute atomic E-state index is 0.0581. The van der Waals surface area contributed by atoms with Crippen molar-refractivity contribution >= 4 is 28.9 Å². The minimum Gasteiger partial charge on any atom is -0.396 e. The molecule has 0 amide bonds. The number of nitrogens with zero attached hydrogens (tertiary/aromatic N) is 2. The minimum atomic E-state index is -0.669. The molecule has 5 nitrogen and oxygen atoms in total. The maximum Gasteiger partial charge on any atom is 0.224 e. The van der Waals surface area contributed by atoms with Crippen LogP contribution in [0.2, 0.25) is 5.28 Å². The van der Waals surface area contributed by atoms with Crippen LogP contribution in [0.25, 0.3) is 0 Å². The number of carbonyl (C=O) groups excluding carboxylic acids is 1. The van der Waals surface area contributed by atoms with Crippen LogP contribution in [-0.2, 0) is 0 Å². The number of benzene rings is 1. The fraction of sp³-hybridized carbons (Fsp3) is 0.214. The summed E-state index contributed by atoms with van der Waals surface area (Å²) >= 11 is 5.63. The Morgan fingerprint density at radius 2 is 2.14 bits per heavy atom. The summed E-state index contributed by atoms with van der Waals surface area (Å²) in [5, 5.41) is 11.4. The fourth-order valence-electron chi connectivity index (χ4n) is 1.77. The molecule has 0 aliphatic heterocycles. The Hall–Kier alpha value is -2.05. The van der Waals surface area contributed by atoms with E-state index in [1.807, 2.05) is 0 Å². The van der Waals surface area contributed by atoms with Crippen LogP contribution in [0.1, 0.15) is 23.2 Å². The Kier molecular flexibility index (Phi) is 5.19. The lowest BCUT2D eigenvalue weighted by Gasteiger charge is -2.11. The molecular formula is C14H13ClFN3O2. The number of para-hydroxylation sites is 1. The molecule has 2 N–H and O–H groups in total. The highest BCUT2D eigenvalue weighted by Crippen LogP contribution is 2.23. The molecular weight excluding hydrogens is 297 g/mol. The molecule has 0 aliphatic rings. The summed E-state index contributed by atoms with van der Waals surface area (Å²) in [4.78, 5) is 19.3. The van der Waals surface area contributed by atoms with Crippen molar-refractivity contribution in [3.63, 3.8) is 0 Å². The van der Waals surface area contributed by atoms with Gasteiger partial charge in [-0.3, -0.25) is 4.79 Å². The number of ketones is 1. The number of aromatic nitrogens is 2. The van der Waals surface area contributed by atoms with E-state index in [9.17, 15) is 9.18 Å². The first kappa shape index (κ1) is 15.3. The van der Waals surface area contributed by atoms with Crippen LogP contribution in [0.3, 0.4) is 0 Å². The second-order valence-corrected chi connectivity index (χ2v) is 4.59. The second-order valence-electron chi connectivity index (χ2n) is 4.26. The van der Waals surface area contributed by atoms with Crippen molar-refractivity contribution in [2.24, 2.45) is 0 Å². The van der Waals surface area contributed by atoms with Crippen molar-refractivity contribution in [1.29, 1.82) is 0 Å². The Morgan fingerprint density at radius 3 is 2.90 bits per heavy atom. The molecule has 0 saturated heterocycles. The number of rotatable bonds is 6. The SMILES string of the molecule is O=C(CCCO)c1ccccc1Nc1nc(Cl)ncc1F. The summed E-state index contributed by atoms with van der Waals surface area (Å²) in [6, 6.07) is 6.69. The third-order valence-electron chi connectivity index (χ3n) is 2.76. The number of halogens is 2. The van der Waals surface area contributed by atoms with E-state index >= 15 is 0 Å². The summed E-state index contributed by atoms with van der Waals surface area (Å²) in [5.74, 6) is -0.915. The fourth-order valence-corrected chi connectivity index (χ4v) is 1.90. The molecule has 0 atom stereocenters. The molecule has 0 spiro atoms. The van der Waals surface area contributed by atoms with Crippen LogP contribution in [0, 0.1) is 5.82 Å². The topological polar surface area (TPSA) is 75.1 Å². The van der Waals surface area contributed by atoms with E-state index in [4.69, 9.17) is 16.7 Å². The molecule has 1 heterocycles. The van der Waals surface area contributed by atoms with Gasteiger partial charge in [0.15, 0.2) is 17.4 Å². The molecule has 0 bridgehead atoms. The zero-order valence-electron chi connectivity index (χ0n) is 11.0. The summed E-state index contributed by atoms with van der Waals surface area (Å²) < 4.78 is 13.6. The third-order valence-corrected chi connectivity index (χ3v) is 2.94. The van der Waals surface area contributed by atoms with Crippen LogP contribution in [0.5, 0.6) is 0 Å². The maximum atomic E-state index is 13.6. The van der Waals surface area contributed by atoms with Crippen molar-refractivity contribution in [3.8, 4) is 0 Å². The van der Waals surface area contributed by atoms with Gasteiger partial charge in [-0.15, -0.1) is 0 Å². The van der Waals surface area contributed by atoms with E-state index in [2.05, 4.69) is 15.3 Å². The summed E-state index contributed by atoms with van der Waals surface area (Å²) in [6.07, 6.45) is 1.54. The number of aliphatic hydroxyl groups is 1. The van der Waals surface area contributed by atoms with Crippen molar-refractivity contribution in [2.45, 2.75) is 12.8 Å². The van der Waals surface area contributed by atoms with Gasteiger partial charge in [-0.05, 0) is 30.2 Å². The van der Waals surface area contributed by atoms with Gasteiger partial charge in [0.1, 0.15) is 0 Å². The molecule has 0 radical (unpaired) electrons. The lowest BCUT2D eigenvalue weighted by Crippen LogP contribution is -2.06. The number of anilines is 2. The highest BCUT2D eigenvalue weighted by molar-refractivity contribution is 6.28. The van der Waals surface area contributed by atoms with E-state index in [1.165, 1.54) is 0 Å². The van der Waals surface area contributed by atoms with E-state index in [0.717, 1.165) is 6.20 Å². The second kappa shape index (κ2) is 7.10. The van der Waals surface area contributed by atoms with Crippen molar-refractivity contribution in [2.75, 3.05) is 11.9 Å². The lowest BCUT2D eigenvalue weighted by atomic mass is 10.0. The quantitative estimate of drug-likeness (QED) is 0.634. The van der Waals surface area contributed by atoms with E-state index < -0.39 is 5.82 Å². The summed E-state index contributed by atoms with van der Waals surface area (Å²) in [6.45, 7) is -0.0581. The van der Waals surface area contributed by atoms with E-state index in [-0.39, 0.29) is 29.9 Å². The van der Waals surface area contributed by atoms with Crippen LogP contribution in [0.15, 0.2) is 30.5 Å². The standard InChI is InChI=1S/C14H13ClFN3O2/c15-14-17-8-10(16)13(19-14)18-11-5-2-1-4-9(11)12(21)6-3-7-20/h1-2,4-5,8,20H,3,6-7H2,(H,17,18,19). The monoisotopic (exact) mass is 309 g/mol. The average molecular weight is 310 g/mol. The maximum absolute atomic E-state index is 13.6. The summed E-state index contributed by atoms with van der Waals surface area (Å²) in [5.41, 5.74) is 0.828. The largest absolute Gasteiger partial charge is 0.396 e. The lowest BCUT2D eigenvalue weighted by molar-refractivity contribution is 0.0972. The van der Waals surface area contributed by atoms with Crippen molar-refractivity contribution in [3.05, 3.63) is 47.1 Å². The van der Waals surface area contributed by atoms with Gasteiger partial charge in [0.05, 0.1) is 11.9 Å². The van der Waals surface area contributed by atoms with Gasteiger partial charge >= 0.3 is 0 Å². The molecule has 0 saturated carbocycles. The number of carbonyl (C=O) groups is 1. The number of hydrogen-bond acceptors (Lipinski definition) is 5. The molecule has 2 rings (SSSR count). The van der Waals surface area contributed by atoms with Crippen LogP contribution in [-0.4, -0.2) is 27.5 Å². The normalized spacial score (nSPS) is 10.4.